The number of nitrogens with zero attached hydrogens (tertiary/aromatic N) is 2. The molecule has 0 unspecified atom stereocenters. The number of aliphatic hydroxyl groups is 2. The summed E-state index contributed by atoms with van der Waals surface area (Å²) in [4.78, 5) is 36.8. The zero-order valence-electron chi connectivity index (χ0n) is 21.8. The van der Waals surface area contributed by atoms with Crippen molar-refractivity contribution in [3.63, 3.8) is 0 Å². The summed E-state index contributed by atoms with van der Waals surface area (Å²) in [5, 5.41) is 35.6. The predicted molar refractivity (Wildman–Crippen MR) is 140 cm³/mol. The first-order valence-corrected chi connectivity index (χ1v) is 13.6. The molecule has 0 bridgehead atoms. The lowest BCUT2D eigenvalue weighted by Gasteiger charge is -2.41. The maximum absolute atomic E-state index is 12.3. The molecule has 212 valence electrons. The molecule has 3 aliphatic rings. The van der Waals surface area contributed by atoms with E-state index in [1.165, 1.54) is 58.0 Å². The van der Waals surface area contributed by atoms with Gasteiger partial charge in [-0.3, -0.25) is 9.69 Å². The van der Waals surface area contributed by atoms with Gasteiger partial charge in [0.25, 0.3) is 0 Å². The third-order valence-corrected chi connectivity index (χ3v) is 7.38. The van der Waals surface area contributed by atoms with Crippen LogP contribution in [0.15, 0.2) is 24.3 Å². The number of carbonyl (C=O) groups is 3. The summed E-state index contributed by atoms with van der Waals surface area (Å²) in [5.74, 6) is -2.55. The standard InChI is InChI=1S/C23H35N3O2.C4H6O6/c27-23(18-25-14-3-1-2-4-15-25)24-19-8-10-21(11-9-19)28-22-12-16-26(17-13-22)20-6-5-7-20;5-1(3(7)8)2(6)4(9)10/h8-11,20,22H,1-7,12-18H2,(H,24,27);1-2,5-6H,(H,7,8)(H,9,10)/t;1-,2-/m.1/s1. The van der Waals surface area contributed by atoms with Crippen LogP contribution in [-0.4, -0.2) is 105 Å². The van der Waals surface area contributed by atoms with Crippen LogP contribution in [0.3, 0.4) is 0 Å². The summed E-state index contributed by atoms with van der Waals surface area (Å²) in [7, 11) is 0. The molecule has 1 amide bonds. The Morgan fingerprint density at radius 1 is 0.816 bits per heavy atom. The Labute approximate surface area is 223 Å². The van der Waals surface area contributed by atoms with E-state index >= 15 is 0 Å². The summed E-state index contributed by atoms with van der Waals surface area (Å²) in [5.41, 5.74) is 0.854. The van der Waals surface area contributed by atoms with E-state index in [0.29, 0.717) is 12.6 Å². The maximum atomic E-state index is 12.3. The third kappa shape index (κ3) is 9.54. The molecule has 2 saturated heterocycles. The number of likely N-dealkylation sites (tertiary alicyclic amines) is 2. The lowest BCUT2D eigenvalue weighted by Crippen LogP contribution is -2.46. The smallest absolute Gasteiger partial charge is 0.335 e. The number of aliphatic hydroxyl groups excluding tert-OH is 2. The van der Waals surface area contributed by atoms with Crippen molar-refractivity contribution in [2.45, 2.75) is 82.1 Å². The number of anilines is 1. The molecule has 2 heterocycles. The first-order valence-electron chi connectivity index (χ1n) is 13.6. The van der Waals surface area contributed by atoms with E-state index in [9.17, 15) is 14.4 Å². The Morgan fingerprint density at radius 2 is 1.37 bits per heavy atom. The highest BCUT2D eigenvalue weighted by Gasteiger charge is 2.30. The molecule has 0 radical (unpaired) electrons. The first-order chi connectivity index (χ1) is 18.2. The van der Waals surface area contributed by atoms with Crippen molar-refractivity contribution in [3.05, 3.63) is 24.3 Å². The molecule has 0 spiro atoms. The number of carboxylic acids is 2. The molecule has 1 aliphatic carbocycles. The van der Waals surface area contributed by atoms with E-state index < -0.39 is 24.1 Å². The molecule has 2 atom stereocenters. The van der Waals surface area contributed by atoms with Gasteiger partial charge in [0.1, 0.15) is 11.9 Å². The van der Waals surface area contributed by atoms with Gasteiger partial charge in [0.2, 0.25) is 5.91 Å². The summed E-state index contributed by atoms with van der Waals surface area (Å²) in [6.07, 6.45) is 7.19. The second-order valence-corrected chi connectivity index (χ2v) is 10.3. The normalized spacial score (nSPS) is 21.1. The number of hydrogen-bond donors (Lipinski definition) is 5. The Hall–Kier alpha value is -2.73. The van der Waals surface area contributed by atoms with Crippen LogP contribution in [0, 0.1) is 0 Å². The van der Waals surface area contributed by atoms with Crippen molar-refractivity contribution in [2.75, 3.05) is 38.0 Å². The molecular formula is C27H41N3O8. The minimum absolute atomic E-state index is 0.0823. The number of hydrogen-bond acceptors (Lipinski definition) is 8. The SMILES string of the molecule is O=C(CN1CCCCCC1)Nc1ccc(OC2CCN(C3CCC3)CC2)cc1.O=C(O)[C@H](O)[C@@H](O)C(=O)O. The number of benzene rings is 1. The molecular weight excluding hydrogens is 494 g/mol. The van der Waals surface area contributed by atoms with Gasteiger partial charge in [0.05, 0.1) is 6.54 Å². The van der Waals surface area contributed by atoms with Gasteiger partial charge < -0.3 is 35.4 Å². The van der Waals surface area contributed by atoms with Gasteiger partial charge >= 0.3 is 11.9 Å². The van der Waals surface area contributed by atoms with Crippen molar-refractivity contribution < 1.29 is 39.5 Å². The molecule has 11 nitrogen and oxygen atoms in total. The van der Waals surface area contributed by atoms with Crippen molar-refractivity contribution in [1.29, 1.82) is 0 Å². The van der Waals surface area contributed by atoms with Gasteiger partial charge in [-0.15, -0.1) is 0 Å². The lowest BCUT2D eigenvalue weighted by atomic mass is 9.90. The highest BCUT2D eigenvalue weighted by atomic mass is 16.5. The Kier molecular flexibility index (Phi) is 11.8. The van der Waals surface area contributed by atoms with Crippen LogP contribution in [-0.2, 0) is 14.4 Å². The molecule has 1 saturated carbocycles. The summed E-state index contributed by atoms with van der Waals surface area (Å²) in [6, 6.07) is 8.73. The quantitative estimate of drug-likeness (QED) is 0.315. The molecule has 4 rings (SSSR count). The molecule has 1 aromatic carbocycles. The van der Waals surface area contributed by atoms with E-state index in [0.717, 1.165) is 43.4 Å². The van der Waals surface area contributed by atoms with Crippen LogP contribution in [0.5, 0.6) is 5.75 Å². The van der Waals surface area contributed by atoms with E-state index in [-0.39, 0.29) is 5.91 Å². The minimum atomic E-state index is -2.27. The zero-order chi connectivity index (χ0) is 27.5. The van der Waals surface area contributed by atoms with Gasteiger partial charge in [-0.05, 0) is 75.9 Å². The number of ether oxygens (including phenoxy) is 1. The topological polar surface area (TPSA) is 160 Å². The van der Waals surface area contributed by atoms with Gasteiger partial charge in [-0.1, -0.05) is 19.3 Å². The molecule has 5 N–H and O–H groups in total. The monoisotopic (exact) mass is 535 g/mol. The van der Waals surface area contributed by atoms with E-state index in [4.69, 9.17) is 25.2 Å². The van der Waals surface area contributed by atoms with Gasteiger partial charge in [-0.2, -0.15) is 0 Å². The van der Waals surface area contributed by atoms with E-state index in [1.54, 1.807) is 0 Å². The van der Waals surface area contributed by atoms with Crippen LogP contribution >= 0.6 is 0 Å². The molecule has 2 aliphatic heterocycles. The van der Waals surface area contributed by atoms with Crippen LogP contribution in [0.4, 0.5) is 5.69 Å². The lowest BCUT2D eigenvalue weighted by molar-refractivity contribution is -0.165. The van der Waals surface area contributed by atoms with Crippen LogP contribution in [0.1, 0.15) is 57.8 Å². The van der Waals surface area contributed by atoms with Crippen LogP contribution in [0.2, 0.25) is 0 Å². The van der Waals surface area contributed by atoms with Crippen molar-refractivity contribution in [3.8, 4) is 5.75 Å². The Balaban J connectivity index is 0.000000342. The molecule has 0 aromatic heterocycles. The first kappa shape index (κ1) is 29.8. The largest absolute Gasteiger partial charge is 0.490 e. The summed E-state index contributed by atoms with van der Waals surface area (Å²) >= 11 is 0. The zero-order valence-corrected chi connectivity index (χ0v) is 21.8. The fraction of sp³-hybridized carbons (Fsp3) is 0.667. The average Bonchev–Trinajstić information content (AvgIpc) is 3.13. The molecule has 11 heteroatoms. The number of carbonyl (C=O) groups excluding carboxylic acids is 1. The molecule has 3 fully saturated rings. The van der Waals surface area contributed by atoms with Crippen molar-refractivity contribution in [1.82, 2.24) is 9.80 Å². The fourth-order valence-electron chi connectivity index (χ4n) is 4.89. The third-order valence-electron chi connectivity index (χ3n) is 7.38. The average molecular weight is 536 g/mol. The van der Waals surface area contributed by atoms with E-state index in [2.05, 4.69) is 15.1 Å². The number of rotatable bonds is 9. The van der Waals surface area contributed by atoms with Crippen molar-refractivity contribution in [2.24, 2.45) is 0 Å². The highest BCUT2D eigenvalue weighted by Crippen LogP contribution is 2.28. The number of piperidine rings is 1. The van der Waals surface area contributed by atoms with Gasteiger partial charge in [0.15, 0.2) is 12.2 Å². The highest BCUT2D eigenvalue weighted by molar-refractivity contribution is 5.92. The second-order valence-electron chi connectivity index (χ2n) is 10.3. The Morgan fingerprint density at radius 3 is 1.84 bits per heavy atom. The number of nitrogens with one attached hydrogen (secondary N) is 1. The fourth-order valence-corrected chi connectivity index (χ4v) is 4.89. The van der Waals surface area contributed by atoms with Gasteiger partial charge in [-0.25, -0.2) is 9.59 Å². The van der Waals surface area contributed by atoms with Crippen LogP contribution < -0.4 is 10.1 Å². The molecule has 1 aromatic rings. The Bertz CT molecular complexity index is 874. The van der Waals surface area contributed by atoms with E-state index in [1.807, 2.05) is 24.3 Å². The summed E-state index contributed by atoms with van der Waals surface area (Å²) in [6.45, 7) is 4.91. The molecule has 38 heavy (non-hydrogen) atoms. The summed E-state index contributed by atoms with van der Waals surface area (Å²) < 4.78 is 6.18. The maximum Gasteiger partial charge on any atom is 0.335 e. The number of aliphatic carboxylic acids is 2. The van der Waals surface area contributed by atoms with Gasteiger partial charge in [0, 0.05) is 24.8 Å². The van der Waals surface area contributed by atoms with Crippen LogP contribution in [0.25, 0.3) is 0 Å². The van der Waals surface area contributed by atoms with Crippen molar-refractivity contribution >= 4 is 23.5 Å². The predicted octanol–water partition coefficient (Wildman–Crippen LogP) is 1.77. The second kappa shape index (κ2) is 15.0. The minimum Gasteiger partial charge on any atom is -0.490 e. The number of carboxylic acid groups (broad SMARTS) is 2. The number of amides is 1.